The zero-order valence-electron chi connectivity index (χ0n) is 17.5. The topological polar surface area (TPSA) is 55.3 Å². The SMILES string of the molecule is Cc1oc(-c2cccc(C(F)(F)F)c2)nc1CN1CCCC(c2nc3ccccc3o2)C1. The molecule has 1 aliphatic rings. The molecule has 1 atom stereocenters. The molecule has 1 fully saturated rings. The Morgan fingerprint density at radius 3 is 2.72 bits per heavy atom. The van der Waals surface area contributed by atoms with E-state index in [1.165, 1.54) is 6.07 Å². The normalized spacial score (nSPS) is 17.8. The number of nitrogens with zero attached hydrogens (tertiary/aromatic N) is 3. The number of likely N-dealkylation sites (tertiary alicyclic amines) is 1. The fourth-order valence-corrected chi connectivity index (χ4v) is 4.20. The predicted molar refractivity (Wildman–Crippen MR) is 113 cm³/mol. The Morgan fingerprint density at radius 2 is 1.91 bits per heavy atom. The van der Waals surface area contributed by atoms with Crippen LogP contribution in [0.2, 0.25) is 0 Å². The summed E-state index contributed by atoms with van der Waals surface area (Å²) in [6.45, 7) is 4.03. The summed E-state index contributed by atoms with van der Waals surface area (Å²) in [5, 5.41) is 0. The van der Waals surface area contributed by atoms with E-state index in [0.717, 1.165) is 60.7 Å². The summed E-state index contributed by atoms with van der Waals surface area (Å²) < 4.78 is 50.8. The highest BCUT2D eigenvalue weighted by Crippen LogP contribution is 2.33. The van der Waals surface area contributed by atoms with Crippen molar-refractivity contribution in [1.82, 2.24) is 14.9 Å². The van der Waals surface area contributed by atoms with Crippen molar-refractivity contribution < 1.29 is 22.0 Å². The van der Waals surface area contributed by atoms with Crippen molar-refractivity contribution in [3.05, 3.63) is 71.4 Å². The smallest absolute Gasteiger partial charge is 0.416 e. The molecule has 3 heterocycles. The average molecular weight is 441 g/mol. The van der Waals surface area contributed by atoms with Crippen LogP contribution in [0.15, 0.2) is 57.4 Å². The first-order valence-corrected chi connectivity index (χ1v) is 10.6. The van der Waals surface area contributed by atoms with E-state index in [-0.39, 0.29) is 11.8 Å². The molecule has 0 amide bonds. The van der Waals surface area contributed by atoms with E-state index >= 15 is 0 Å². The summed E-state index contributed by atoms with van der Waals surface area (Å²) in [5.41, 5.74) is 1.98. The lowest BCUT2D eigenvalue weighted by Crippen LogP contribution is -2.34. The van der Waals surface area contributed by atoms with Gasteiger partial charge in [-0.3, -0.25) is 4.90 Å². The van der Waals surface area contributed by atoms with Crippen LogP contribution in [0.5, 0.6) is 0 Å². The van der Waals surface area contributed by atoms with Gasteiger partial charge >= 0.3 is 6.18 Å². The quantitative estimate of drug-likeness (QED) is 0.378. The molecule has 166 valence electrons. The molecule has 32 heavy (non-hydrogen) atoms. The van der Waals surface area contributed by atoms with Gasteiger partial charge in [0.25, 0.3) is 0 Å². The zero-order valence-corrected chi connectivity index (χ0v) is 17.5. The third kappa shape index (κ3) is 4.14. The Hall–Kier alpha value is -3.13. The van der Waals surface area contributed by atoms with E-state index in [9.17, 15) is 13.2 Å². The third-order valence-electron chi connectivity index (χ3n) is 5.87. The first kappa shape index (κ1) is 20.8. The number of fused-ring (bicyclic) bond motifs is 1. The van der Waals surface area contributed by atoms with Crippen LogP contribution >= 0.6 is 0 Å². The second kappa shape index (κ2) is 8.09. The van der Waals surface area contributed by atoms with E-state index in [4.69, 9.17) is 8.83 Å². The monoisotopic (exact) mass is 441 g/mol. The van der Waals surface area contributed by atoms with Crippen LogP contribution in [-0.4, -0.2) is 28.0 Å². The minimum atomic E-state index is -4.41. The second-order valence-electron chi connectivity index (χ2n) is 8.19. The van der Waals surface area contributed by atoms with Crippen LogP contribution in [-0.2, 0) is 12.7 Å². The molecule has 1 aliphatic heterocycles. The van der Waals surface area contributed by atoms with Gasteiger partial charge in [-0.05, 0) is 56.6 Å². The van der Waals surface area contributed by atoms with Gasteiger partial charge in [0.15, 0.2) is 11.5 Å². The molecule has 0 bridgehead atoms. The van der Waals surface area contributed by atoms with E-state index in [2.05, 4.69) is 14.9 Å². The summed E-state index contributed by atoms with van der Waals surface area (Å²) in [6, 6.07) is 12.8. The molecule has 0 spiro atoms. The van der Waals surface area contributed by atoms with E-state index < -0.39 is 11.7 Å². The van der Waals surface area contributed by atoms with Crippen LogP contribution in [0.4, 0.5) is 13.2 Å². The molecule has 0 saturated carbocycles. The van der Waals surface area contributed by atoms with E-state index in [1.807, 2.05) is 24.3 Å². The molecular weight excluding hydrogens is 419 g/mol. The summed E-state index contributed by atoms with van der Waals surface area (Å²) in [4.78, 5) is 11.4. The van der Waals surface area contributed by atoms with Crippen molar-refractivity contribution in [2.75, 3.05) is 13.1 Å². The number of oxazole rings is 2. The van der Waals surface area contributed by atoms with Crippen molar-refractivity contribution >= 4 is 11.1 Å². The molecular formula is C24H22F3N3O2. The highest BCUT2D eigenvalue weighted by molar-refractivity contribution is 5.72. The molecule has 0 aliphatic carbocycles. The molecule has 5 rings (SSSR count). The Balaban J connectivity index is 1.33. The number of hydrogen-bond donors (Lipinski definition) is 0. The lowest BCUT2D eigenvalue weighted by Gasteiger charge is -2.30. The van der Waals surface area contributed by atoms with Gasteiger partial charge in [-0.1, -0.05) is 18.2 Å². The van der Waals surface area contributed by atoms with Crippen LogP contribution < -0.4 is 0 Å². The molecule has 4 aromatic rings. The first-order chi connectivity index (χ1) is 15.4. The van der Waals surface area contributed by atoms with Crippen LogP contribution in [0, 0.1) is 6.92 Å². The maximum absolute atomic E-state index is 13.1. The summed E-state index contributed by atoms with van der Waals surface area (Å²) in [6.07, 6.45) is -2.41. The number of para-hydroxylation sites is 2. The van der Waals surface area contributed by atoms with Crippen molar-refractivity contribution in [3.63, 3.8) is 0 Å². The lowest BCUT2D eigenvalue weighted by molar-refractivity contribution is -0.137. The molecule has 1 unspecified atom stereocenters. The number of benzene rings is 2. The molecule has 0 radical (unpaired) electrons. The fraction of sp³-hybridized carbons (Fsp3) is 0.333. The summed E-state index contributed by atoms with van der Waals surface area (Å²) in [5.74, 6) is 1.75. The Kier molecular flexibility index (Phi) is 5.25. The van der Waals surface area contributed by atoms with Crippen LogP contribution in [0.25, 0.3) is 22.6 Å². The first-order valence-electron chi connectivity index (χ1n) is 10.6. The van der Waals surface area contributed by atoms with Gasteiger partial charge in [0, 0.05) is 24.6 Å². The minimum Gasteiger partial charge on any atom is -0.441 e. The van der Waals surface area contributed by atoms with E-state index in [0.29, 0.717) is 17.9 Å². The number of hydrogen-bond acceptors (Lipinski definition) is 5. The number of piperidine rings is 1. The van der Waals surface area contributed by atoms with Crippen molar-refractivity contribution in [2.24, 2.45) is 0 Å². The van der Waals surface area contributed by atoms with Gasteiger partial charge in [-0.15, -0.1) is 0 Å². The number of aryl methyl sites for hydroxylation is 1. The van der Waals surface area contributed by atoms with Crippen molar-refractivity contribution in [2.45, 2.75) is 38.4 Å². The van der Waals surface area contributed by atoms with Gasteiger partial charge < -0.3 is 8.83 Å². The molecule has 5 nitrogen and oxygen atoms in total. The second-order valence-corrected chi connectivity index (χ2v) is 8.19. The highest BCUT2D eigenvalue weighted by atomic mass is 19.4. The Morgan fingerprint density at radius 1 is 1.06 bits per heavy atom. The van der Waals surface area contributed by atoms with Crippen LogP contribution in [0.3, 0.4) is 0 Å². The molecule has 1 saturated heterocycles. The maximum atomic E-state index is 13.1. The van der Waals surface area contributed by atoms with Gasteiger partial charge in [0.05, 0.1) is 11.3 Å². The largest absolute Gasteiger partial charge is 0.441 e. The number of alkyl halides is 3. The Bertz CT molecular complexity index is 1210. The molecule has 2 aromatic carbocycles. The summed E-state index contributed by atoms with van der Waals surface area (Å²) >= 11 is 0. The van der Waals surface area contributed by atoms with Crippen molar-refractivity contribution in [3.8, 4) is 11.5 Å². The Labute approximate surface area is 182 Å². The van der Waals surface area contributed by atoms with Gasteiger partial charge in [0.1, 0.15) is 11.3 Å². The van der Waals surface area contributed by atoms with Gasteiger partial charge in [0.2, 0.25) is 5.89 Å². The number of aromatic nitrogens is 2. The average Bonchev–Trinajstić information content (AvgIpc) is 3.37. The van der Waals surface area contributed by atoms with Crippen molar-refractivity contribution in [1.29, 1.82) is 0 Å². The molecule has 8 heteroatoms. The predicted octanol–water partition coefficient (Wildman–Crippen LogP) is 6.19. The molecule has 2 aromatic heterocycles. The van der Waals surface area contributed by atoms with Crippen LogP contribution in [0.1, 0.15) is 41.7 Å². The zero-order chi connectivity index (χ0) is 22.3. The lowest BCUT2D eigenvalue weighted by atomic mass is 9.98. The fourth-order valence-electron chi connectivity index (χ4n) is 4.20. The highest BCUT2D eigenvalue weighted by Gasteiger charge is 2.31. The molecule has 0 N–H and O–H groups in total. The minimum absolute atomic E-state index is 0.186. The van der Waals surface area contributed by atoms with Gasteiger partial charge in [-0.25, -0.2) is 9.97 Å². The van der Waals surface area contributed by atoms with E-state index in [1.54, 1.807) is 13.0 Å². The third-order valence-corrected chi connectivity index (χ3v) is 5.87. The standard InChI is InChI=1S/C24H22F3N3O2/c1-15-20(29-22(31-15)16-6-4-8-18(12-16)24(25,26)27)14-30-11-5-7-17(13-30)23-28-19-9-2-3-10-21(19)32-23/h2-4,6,8-10,12,17H,5,7,11,13-14H2,1H3. The maximum Gasteiger partial charge on any atom is 0.416 e. The number of rotatable bonds is 4. The number of halogens is 3. The summed E-state index contributed by atoms with van der Waals surface area (Å²) in [7, 11) is 0. The van der Waals surface area contributed by atoms with Gasteiger partial charge in [-0.2, -0.15) is 13.2 Å².